The monoisotopic (exact) mass is 273 g/mol. The molecular formula is C11H7N5O4. The quantitative estimate of drug-likeness (QED) is 0.701. The highest BCUT2D eigenvalue weighted by atomic mass is 16.4. The zero-order chi connectivity index (χ0) is 14.4. The molecule has 0 spiro atoms. The number of carbonyl (C=O) groups is 3. The van der Waals surface area contributed by atoms with Crippen LogP contribution in [0.1, 0.15) is 10.4 Å². The van der Waals surface area contributed by atoms with Gasteiger partial charge in [0.05, 0.1) is 0 Å². The number of carbonyl (C=O) groups excluding carboxylic acids is 2. The summed E-state index contributed by atoms with van der Waals surface area (Å²) in [6, 6.07) is 1.37. The van der Waals surface area contributed by atoms with Crippen LogP contribution in [0.25, 0.3) is 5.65 Å². The Morgan fingerprint density at radius 2 is 1.90 bits per heavy atom. The van der Waals surface area contributed by atoms with Crippen molar-refractivity contribution in [2.24, 2.45) is 0 Å². The topological polar surface area (TPSA) is 131 Å². The van der Waals surface area contributed by atoms with Crippen molar-refractivity contribution in [1.29, 1.82) is 0 Å². The van der Waals surface area contributed by atoms with Gasteiger partial charge >= 0.3 is 5.97 Å². The Bertz CT molecular complexity index is 788. The first-order valence-electron chi connectivity index (χ1n) is 5.43. The molecule has 1 aliphatic rings. The van der Waals surface area contributed by atoms with Crippen molar-refractivity contribution in [2.75, 3.05) is 10.6 Å². The SMILES string of the molecule is Nc1nn2ccc(N3C(=O)C=CC3=O)nc2c1C(=O)O. The number of carboxylic acid groups (broad SMARTS) is 1. The first-order valence-corrected chi connectivity index (χ1v) is 5.43. The molecule has 0 atom stereocenters. The van der Waals surface area contributed by atoms with E-state index in [1.807, 2.05) is 0 Å². The van der Waals surface area contributed by atoms with E-state index < -0.39 is 17.8 Å². The number of amides is 2. The van der Waals surface area contributed by atoms with Crippen molar-refractivity contribution in [3.8, 4) is 0 Å². The lowest BCUT2D eigenvalue weighted by Gasteiger charge is -2.12. The summed E-state index contributed by atoms with van der Waals surface area (Å²) in [5, 5.41) is 12.9. The summed E-state index contributed by atoms with van der Waals surface area (Å²) < 4.78 is 1.17. The Morgan fingerprint density at radius 3 is 2.50 bits per heavy atom. The second kappa shape index (κ2) is 3.88. The molecule has 100 valence electrons. The molecule has 9 heteroatoms. The summed E-state index contributed by atoms with van der Waals surface area (Å²) in [7, 11) is 0. The molecule has 3 N–H and O–H groups in total. The summed E-state index contributed by atoms with van der Waals surface area (Å²) in [6.45, 7) is 0. The van der Waals surface area contributed by atoms with E-state index in [1.165, 1.54) is 16.8 Å². The van der Waals surface area contributed by atoms with Gasteiger partial charge in [-0.15, -0.1) is 5.10 Å². The third-order valence-corrected chi connectivity index (χ3v) is 2.75. The third kappa shape index (κ3) is 1.53. The second-order valence-electron chi connectivity index (χ2n) is 3.96. The molecule has 1 aliphatic heterocycles. The van der Waals surface area contributed by atoms with E-state index in [1.54, 1.807) is 0 Å². The van der Waals surface area contributed by atoms with E-state index >= 15 is 0 Å². The lowest BCUT2D eigenvalue weighted by Crippen LogP contribution is -2.30. The van der Waals surface area contributed by atoms with Crippen molar-refractivity contribution >= 4 is 35.1 Å². The van der Waals surface area contributed by atoms with Crippen molar-refractivity contribution in [3.63, 3.8) is 0 Å². The highest BCUT2D eigenvalue weighted by Crippen LogP contribution is 2.21. The first-order chi connectivity index (χ1) is 9.49. The highest BCUT2D eigenvalue weighted by molar-refractivity contribution is 6.27. The predicted octanol–water partition coefficient (Wildman–Crippen LogP) is -0.561. The van der Waals surface area contributed by atoms with Gasteiger partial charge in [0.1, 0.15) is 11.4 Å². The average molecular weight is 273 g/mol. The van der Waals surface area contributed by atoms with Gasteiger partial charge in [0.2, 0.25) is 0 Å². The van der Waals surface area contributed by atoms with Crippen LogP contribution in [0.4, 0.5) is 11.6 Å². The molecule has 3 rings (SSSR count). The van der Waals surface area contributed by atoms with Crippen LogP contribution < -0.4 is 10.6 Å². The van der Waals surface area contributed by atoms with E-state index in [0.717, 1.165) is 17.1 Å². The Labute approximate surface area is 110 Å². The maximum Gasteiger partial charge on any atom is 0.343 e. The minimum Gasteiger partial charge on any atom is -0.477 e. The van der Waals surface area contributed by atoms with Gasteiger partial charge in [-0.1, -0.05) is 0 Å². The zero-order valence-corrected chi connectivity index (χ0v) is 9.85. The molecule has 0 aliphatic carbocycles. The number of nitrogens with two attached hydrogens (primary N) is 1. The van der Waals surface area contributed by atoms with Gasteiger partial charge < -0.3 is 10.8 Å². The van der Waals surface area contributed by atoms with Crippen molar-refractivity contribution in [2.45, 2.75) is 0 Å². The molecule has 0 bridgehead atoms. The van der Waals surface area contributed by atoms with Crippen LogP contribution in [0.2, 0.25) is 0 Å². The smallest absolute Gasteiger partial charge is 0.343 e. The second-order valence-corrected chi connectivity index (χ2v) is 3.96. The Hall–Kier alpha value is -3.23. The fourth-order valence-corrected chi connectivity index (χ4v) is 1.89. The van der Waals surface area contributed by atoms with Crippen molar-refractivity contribution in [3.05, 3.63) is 30.0 Å². The van der Waals surface area contributed by atoms with Crippen LogP contribution in [0.5, 0.6) is 0 Å². The van der Waals surface area contributed by atoms with Gasteiger partial charge in [0, 0.05) is 24.4 Å². The number of nitrogen functional groups attached to an aromatic ring is 1. The summed E-state index contributed by atoms with van der Waals surface area (Å²) in [5.74, 6) is -2.56. The number of anilines is 2. The maximum absolute atomic E-state index is 11.6. The Morgan fingerprint density at radius 1 is 1.25 bits per heavy atom. The number of carboxylic acids is 1. The van der Waals surface area contributed by atoms with Crippen LogP contribution in [-0.4, -0.2) is 37.5 Å². The number of imide groups is 1. The summed E-state index contributed by atoms with van der Waals surface area (Å²) in [6.07, 6.45) is 3.59. The van der Waals surface area contributed by atoms with Gasteiger partial charge in [-0.05, 0) is 0 Å². The van der Waals surface area contributed by atoms with E-state index in [4.69, 9.17) is 10.8 Å². The van der Waals surface area contributed by atoms with E-state index in [2.05, 4.69) is 10.1 Å². The molecule has 2 amide bonds. The van der Waals surface area contributed by atoms with Crippen LogP contribution in [0, 0.1) is 0 Å². The van der Waals surface area contributed by atoms with Crippen LogP contribution in [0.3, 0.4) is 0 Å². The number of hydrogen-bond acceptors (Lipinski definition) is 6. The molecule has 0 unspecified atom stereocenters. The lowest BCUT2D eigenvalue weighted by atomic mass is 10.3. The molecule has 0 fully saturated rings. The Balaban J connectivity index is 2.20. The summed E-state index contributed by atoms with van der Waals surface area (Å²) >= 11 is 0. The van der Waals surface area contributed by atoms with Gasteiger partial charge in [-0.3, -0.25) is 9.59 Å². The minimum atomic E-state index is -1.29. The number of aromatic carboxylic acids is 1. The zero-order valence-electron chi connectivity index (χ0n) is 9.85. The number of aromatic nitrogens is 3. The molecule has 2 aromatic heterocycles. The van der Waals surface area contributed by atoms with E-state index in [-0.39, 0.29) is 22.8 Å². The Kier molecular flexibility index (Phi) is 2.30. The van der Waals surface area contributed by atoms with E-state index in [9.17, 15) is 14.4 Å². The molecule has 2 aromatic rings. The molecule has 0 aromatic carbocycles. The first kappa shape index (κ1) is 11.8. The number of rotatable bonds is 2. The molecule has 0 radical (unpaired) electrons. The van der Waals surface area contributed by atoms with Gasteiger partial charge in [0.15, 0.2) is 11.5 Å². The standard InChI is InChI=1S/C11H7N5O4/c12-9-8(11(19)20)10-13-5(3-4-15(10)14-9)16-6(17)1-2-7(16)18/h1-4H,(H2,12,14)(H,19,20). The van der Waals surface area contributed by atoms with Gasteiger partial charge in [-0.2, -0.15) is 0 Å². The van der Waals surface area contributed by atoms with E-state index in [0.29, 0.717) is 0 Å². The summed E-state index contributed by atoms with van der Waals surface area (Å²) in [4.78, 5) is 39.1. The highest BCUT2D eigenvalue weighted by Gasteiger charge is 2.27. The fourth-order valence-electron chi connectivity index (χ4n) is 1.89. The third-order valence-electron chi connectivity index (χ3n) is 2.75. The van der Waals surface area contributed by atoms with Crippen molar-refractivity contribution < 1.29 is 19.5 Å². The normalized spacial score (nSPS) is 14.5. The predicted molar refractivity (Wildman–Crippen MR) is 66.0 cm³/mol. The lowest BCUT2D eigenvalue weighted by molar-refractivity contribution is -0.120. The fraction of sp³-hybridized carbons (Fsp3) is 0. The minimum absolute atomic E-state index is 0.0138. The van der Waals surface area contributed by atoms with Crippen LogP contribution >= 0.6 is 0 Å². The average Bonchev–Trinajstić information content (AvgIpc) is 2.88. The van der Waals surface area contributed by atoms with Crippen LogP contribution in [-0.2, 0) is 9.59 Å². The van der Waals surface area contributed by atoms with Gasteiger partial charge in [0.25, 0.3) is 11.8 Å². The maximum atomic E-state index is 11.6. The van der Waals surface area contributed by atoms with Gasteiger partial charge in [-0.25, -0.2) is 19.2 Å². The molecule has 0 saturated heterocycles. The molecule has 9 nitrogen and oxygen atoms in total. The molecule has 20 heavy (non-hydrogen) atoms. The largest absolute Gasteiger partial charge is 0.477 e. The van der Waals surface area contributed by atoms with Crippen molar-refractivity contribution in [1.82, 2.24) is 14.6 Å². The molecule has 3 heterocycles. The molecule has 0 saturated carbocycles. The summed E-state index contributed by atoms with van der Waals surface area (Å²) in [5.41, 5.74) is 5.18. The van der Waals surface area contributed by atoms with Crippen LogP contribution in [0.15, 0.2) is 24.4 Å². The number of nitrogens with zero attached hydrogens (tertiary/aromatic N) is 4. The number of hydrogen-bond donors (Lipinski definition) is 2. The molecular weight excluding hydrogens is 266 g/mol. The number of fused-ring (bicyclic) bond motifs is 1.